The highest BCUT2D eigenvalue weighted by atomic mass is 32.1. The second-order valence-electron chi connectivity index (χ2n) is 2.55. The lowest BCUT2D eigenvalue weighted by molar-refractivity contribution is 0.0697. The molecule has 1 heterocycles. The molecule has 6 heteroatoms. The van der Waals surface area contributed by atoms with E-state index in [1.807, 2.05) is 0 Å². The van der Waals surface area contributed by atoms with Gasteiger partial charge in [0.05, 0.1) is 5.56 Å². The monoisotopic (exact) mass is 207 g/mol. The van der Waals surface area contributed by atoms with E-state index in [2.05, 4.69) is 14.8 Å². The van der Waals surface area contributed by atoms with E-state index in [9.17, 15) is 4.79 Å². The van der Waals surface area contributed by atoms with Crippen LogP contribution in [0, 0.1) is 0 Å². The van der Waals surface area contributed by atoms with E-state index >= 15 is 0 Å². The Bertz CT molecular complexity index is 438. The molecule has 0 fully saturated rings. The van der Waals surface area contributed by atoms with Crippen LogP contribution in [0.3, 0.4) is 0 Å². The minimum Gasteiger partial charge on any atom is -0.478 e. The van der Waals surface area contributed by atoms with Crippen LogP contribution in [0.1, 0.15) is 10.4 Å². The van der Waals surface area contributed by atoms with Crippen LogP contribution in [0.2, 0.25) is 0 Å². The quantitative estimate of drug-likeness (QED) is 0.803. The van der Waals surface area contributed by atoms with E-state index < -0.39 is 5.97 Å². The number of carboxylic acids is 1. The number of nitrogens with zero attached hydrogens (tertiary/aromatic N) is 3. The van der Waals surface area contributed by atoms with Crippen molar-refractivity contribution in [3.8, 4) is 10.6 Å². The molecule has 0 saturated heterocycles. The molecule has 0 atom stereocenters. The predicted molar refractivity (Wildman–Crippen MR) is 50.1 cm³/mol. The fraction of sp³-hybridized carbons (Fsp3) is 0. The fourth-order valence-corrected chi connectivity index (χ4v) is 1.46. The highest BCUT2D eigenvalue weighted by Crippen LogP contribution is 2.19. The van der Waals surface area contributed by atoms with Crippen molar-refractivity contribution >= 4 is 17.5 Å². The number of carbonyl (C=O) groups is 1. The van der Waals surface area contributed by atoms with E-state index in [4.69, 9.17) is 5.11 Å². The molecular weight excluding hydrogens is 202 g/mol. The molecule has 0 aliphatic rings. The van der Waals surface area contributed by atoms with Crippen molar-refractivity contribution in [2.75, 3.05) is 0 Å². The first-order chi connectivity index (χ1) is 6.77. The molecule has 0 bridgehead atoms. The summed E-state index contributed by atoms with van der Waals surface area (Å²) in [7, 11) is 0. The van der Waals surface area contributed by atoms with Gasteiger partial charge in [0.15, 0.2) is 5.01 Å². The van der Waals surface area contributed by atoms with Crippen LogP contribution in [-0.2, 0) is 0 Å². The normalized spacial score (nSPS) is 10.0. The molecule has 2 aromatic rings. The van der Waals surface area contributed by atoms with Crippen LogP contribution >= 0.6 is 11.5 Å². The summed E-state index contributed by atoms with van der Waals surface area (Å²) in [5, 5.41) is 16.6. The molecule has 1 aromatic heterocycles. The second-order valence-corrected chi connectivity index (χ2v) is 3.28. The van der Waals surface area contributed by atoms with Gasteiger partial charge < -0.3 is 5.11 Å². The molecule has 0 radical (unpaired) electrons. The van der Waals surface area contributed by atoms with Crippen molar-refractivity contribution in [3.63, 3.8) is 0 Å². The van der Waals surface area contributed by atoms with Gasteiger partial charge in [0, 0.05) is 17.1 Å². The summed E-state index contributed by atoms with van der Waals surface area (Å²) in [6.45, 7) is 0. The molecule has 70 valence electrons. The molecular formula is C8H5N3O2S. The molecule has 0 aliphatic heterocycles. The van der Waals surface area contributed by atoms with Crippen molar-refractivity contribution < 1.29 is 9.90 Å². The van der Waals surface area contributed by atoms with Gasteiger partial charge in [0.2, 0.25) is 0 Å². The minimum absolute atomic E-state index is 0.256. The summed E-state index contributed by atoms with van der Waals surface area (Å²) < 4.78 is 3.62. The van der Waals surface area contributed by atoms with Gasteiger partial charge in [0.25, 0.3) is 0 Å². The Labute approximate surface area is 83.2 Å². The number of hydrogen-bond acceptors (Lipinski definition) is 5. The molecule has 1 aromatic carbocycles. The zero-order valence-electron chi connectivity index (χ0n) is 6.91. The maximum atomic E-state index is 10.6. The third kappa shape index (κ3) is 1.60. The summed E-state index contributed by atoms with van der Waals surface area (Å²) in [6, 6.07) is 6.43. The van der Waals surface area contributed by atoms with Crippen molar-refractivity contribution in [3.05, 3.63) is 29.8 Å². The molecule has 2 rings (SSSR count). The van der Waals surface area contributed by atoms with Crippen molar-refractivity contribution in [1.82, 2.24) is 14.8 Å². The van der Waals surface area contributed by atoms with E-state index in [1.165, 1.54) is 23.7 Å². The Kier molecular flexibility index (Phi) is 2.19. The Morgan fingerprint density at radius 2 is 2.00 bits per heavy atom. The zero-order valence-corrected chi connectivity index (χ0v) is 7.73. The lowest BCUT2D eigenvalue weighted by Gasteiger charge is -1.95. The predicted octanol–water partition coefficient (Wildman–Crippen LogP) is 1.30. The highest BCUT2D eigenvalue weighted by Gasteiger charge is 2.05. The largest absolute Gasteiger partial charge is 0.478 e. The summed E-state index contributed by atoms with van der Waals surface area (Å²) in [6.07, 6.45) is 0. The van der Waals surface area contributed by atoms with Gasteiger partial charge in [-0.2, -0.15) is 0 Å². The third-order valence-electron chi connectivity index (χ3n) is 1.68. The minimum atomic E-state index is -0.938. The van der Waals surface area contributed by atoms with Crippen LogP contribution in [0.25, 0.3) is 10.6 Å². The topological polar surface area (TPSA) is 76.0 Å². The average molecular weight is 207 g/mol. The Morgan fingerprint density at radius 1 is 1.29 bits per heavy atom. The SMILES string of the molecule is O=C(O)c1ccc(-c2nnns2)cc1. The number of benzene rings is 1. The van der Waals surface area contributed by atoms with Gasteiger partial charge >= 0.3 is 5.97 Å². The first-order valence-electron chi connectivity index (χ1n) is 3.76. The number of aromatic nitrogens is 3. The molecule has 0 unspecified atom stereocenters. The van der Waals surface area contributed by atoms with Gasteiger partial charge in [-0.05, 0) is 17.3 Å². The van der Waals surface area contributed by atoms with Gasteiger partial charge in [-0.25, -0.2) is 4.79 Å². The molecule has 1 N–H and O–H groups in total. The first-order valence-corrected chi connectivity index (χ1v) is 4.53. The zero-order chi connectivity index (χ0) is 9.97. The van der Waals surface area contributed by atoms with E-state index in [-0.39, 0.29) is 5.56 Å². The van der Waals surface area contributed by atoms with Crippen LogP contribution in [0.15, 0.2) is 24.3 Å². The molecule has 5 nitrogen and oxygen atoms in total. The Hall–Kier alpha value is -1.82. The molecule has 0 amide bonds. The van der Waals surface area contributed by atoms with Crippen LogP contribution < -0.4 is 0 Å². The highest BCUT2D eigenvalue weighted by molar-refractivity contribution is 7.08. The van der Waals surface area contributed by atoms with Crippen molar-refractivity contribution in [2.24, 2.45) is 0 Å². The fourth-order valence-electron chi connectivity index (χ4n) is 1.000. The van der Waals surface area contributed by atoms with Gasteiger partial charge in [-0.1, -0.05) is 16.6 Å². The molecule has 0 aliphatic carbocycles. The number of hydrogen-bond donors (Lipinski definition) is 1. The smallest absolute Gasteiger partial charge is 0.335 e. The first kappa shape index (κ1) is 8.76. The summed E-state index contributed by atoms with van der Waals surface area (Å²) >= 11 is 1.17. The van der Waals surface area contributed by atoms with E-state index in [0.717, 1.165) is 5.56 Å². The second kappa shape index (κ2) is 3.51. The third-order valence-corrected chi connectivity index (χ3v) is 2.32. The standard InChI is InChI=1S/C8H5N3O2S/c12-8(13)6-3-1-5(2-4-6)7-9-10-11-14-7/h1-4H,(H,12,13). The van der Waals surface area contributed by atoms with E-state index in [1.54, 1.807) is 12.1 Å². The van der Waals surface area contributed by atoms with Crippen molar-refractivity contribution in [1.29, 1.82) is 0 Å². The maximum Gasteiger partial charge on any atom is 0.335 e. The Morgan fingerprint density at radius 3 is 2.50 bits per heavy atom. The van der Waals surface area contributed by atoms with Crippen molar-refractivity contribution in [2.45, 2.75) is 0 Å². The molecule has 14 heavy (non-hydrogen) atoms. The van der Waals surface area contributed by atoms with Crippen LogP contribution in [0.5, 0.6) is 0 Å². The van der Waals surface area contributed by atoms with Gasteiger partial charge in [-0.15, -0.1) is 5.10 Å². The maximum absolute atomic E-state index is 10.6. The van der Waals surface area contributed by atoms with Gasteiger partial charge in [0.1, 0.15) is 0 Å². The summed E-state index contributed by atoms with van der Waals surface area (Å²) in [5.74, 6) is -0.938. The lowest BCUT2D eigenvalue weighted by atomic mass is 10.1. The van der Waals surface area contributed by atoms with E-state index in [0.29, 0.717) is 5.01 Å². The number of aromatic carboxylic acids is 1. The number of carboxylic acid groups (broad SMARTS) is 1. The summed E-state index contributed by atoms with van der Waals surface area (Å²) in [4.78, 5) is 10.6. The summed E-state index contributed by atoms with van der Waals surface area (Å²) in [5.41, 5.74) is 1.08. The molecule has 0 spiro atoms. The molecule has 0 saturated carbocycles. The van der Waals surface area contributed by atoms with Crippen LogP contribution in [-0.4, -0.2) is 25.9 Å². The van der Waals surface area contributed by atoms with Crippen LogP contribution in [0.4, 0.5) is 0 Å². The van der Waals surface area contributed by atoms with Gasteiger partial charge in [-0.3, -0.25) is 0 Å². The Balaban J connectivity index is 2.36. The average Bonchev–Trinajstić information content (AvgIpc) is 2.71. The lowest BCUT2D eigenvalue weighted by Crippen LogP contribution is -1.94. The number of rotatable bonds is 2.